The summed E-state index contributed by atoms with van der Waals surface area (Å²) >= 11 is 0. The molecule has 1 unspecified atom stereocenters. The number of hydrogen-bond acceptors (Lipinski definition) is 4. The van der Waals surface area contributed by atoms with Crippen LogP contribution < -0.4 is 4.74 Å². The van der Waals surface area contributed by atoms with Crippen molar-refractivity contribution in [2.24, 2.45) is 0 Å². The molecule has 4 rings (SSSR count). The summed E-state index contributed by atoms with van der Waals surface area (Å²) in [6.07, 6.45) is 3.17. The number of ether oxygens (including phenoxy) is 1. The lowest BCUT2D eigenvalue weighted by Crippen LogP contribution is -2.28. The van der Waals surface area contributed by atoms with Gasteiger partial charge in [0.05, 0.1) is 11.0 Å². The molecular weight excluding hydrogens is 447 g/mol. The minimum Gasteiger partial charge on any atom is -0.491 e. The normalized spacial score (nSPS) is 18.0. The fraction of sp³-hybridized carbons (Fsp3) is 0.375. The van der Waals surface area contributed by atoms with E-state index in [4.69, 9.17) is 4.74 Å². The molecule has 176 valence electrons. The highest BCUT2D eigenvalue weighted by Crippen LogP contribution is 2.36. The lowest BCUT2D eigenvalue weighted by molar-refractivity contribution is -0.137. The first-order chi connectivity index (χ1) is 15.7. The van der Waals surface area contributed by atoms with Crippen LogP contribution in [0.2, 0.25) is 0 Å². The van der Waals surface area contributed by atoms with Gasteiger partial charge in [-0.2, -0.15) is 4.31 Å². The number of fused-ring (bicyclic) bond motifs is 1. The Balaban J connectivity index is 1.57. The van der Waals surface area contributed by atoms with Crippen molar-refractivity contribution in [3.8, 4) is 5.75 Å². The molecule has 0 amide bonds. The summed E-state index contributed by atoms with van der Waals surface area (Å²) in [7, 11) is -3.70. The maximum atomic E-state index is 14.0. The Morgan fingerprint density at radius 3 is 2.64 bits per heavy atom. The Kier molecular flexibility index (Phi) is 6.45. The summed E-state index contributed by atoms with van der Waals surface area (Å²) in [5, 5.41) is 9.84. The summed E-state index contributed by atoms with van der Waals surface area (Å²) in [6, 6.07) is 10.7. The molecule has 0 aliphatic carbocycles. The van der Waals surface area contributed by atoms with Gasteiger partial charge in [-0.1, -0.05) is 6.92 Å². The smallest absolute Gasteiger partial charge is 0.323 e. The van der Waals surface area contributed by atoms with Crippen molar-refractivity contribution in [3.63, 3.8) is 0 Å². The Hall–Kier alpha value is -2.91. The first-order valence-corrected chi connectivity index (χ1v) is 12.4. The first-order valence-electron chi connectivity index (χ1n) is 11.0. The molecular formula is C24H27FN2O5S. The van der Waals surface area contributed by atoms with Crippen LogP contribution in [0.4, 0.5) is 4.39 Å². The van der Waals surface area contributed by atoms with E-state index in [0.29, 0.717) is 29.6 Å². The number of carboxylic acids is 1. The van der Waals surface area contributed by atoms with Crippen molar-refractivity contribution in [2.45, 2.75) is 50.2 Å². The zero-order valence-electron chi connectivity index (χ0n) is 18.6. The second-order valence-electron chi connectivity index (χ2n) is 8.42. The van der Waals surface area contributed by atoms with Gasteiger partial charge in [0.1, 0.15) is 18.1 Å². The Labute approximate surface area is 192 Å². The third kappa shape index (κ3) is 4.74. The lowest BCUT2D eigenvalue weighted by atomic mass is 9.98. The van der Waals surface area contributed by atoms with Crippen LogP contribution in [-0.4, -0.2) is 47.6 Å². The third-order valence-corrected chi connectivity index (χ3v) is 8.02. The van der Waals surface area contributed by atoms with Gasteiger partial charge in [0.25, 0.3) is 0 Å². The Bertz CT molecular complexity index is 1270. The number of aliphatic carboxylic acids is 1. The molecule has 2 atom stereocenters. The average molecular weight is 475 g/mol. The molecule has 7 nitrogen and oxygen atoms in total. The van der Waals surface area contributed by atoms with Gasteiger partial charge in [-0.3, -0.25) is 4.79 Å². The minimum absolute atomic E-state index is 0.0416. The first kappa shape index (κ1) is 23.3. The average Bonchev–Trinajstić information content (AvgIpc) is 3.39. The van der Waals surface area contributed by atoms with Crippen LogP contribution in [-0.2, 0) is 21.4 Å². The van der Waals surface area contributed by atoms with Gasteiger partial charge >= 0.3 is 5.97 Å². The molecule has 1 N–H and O–H groups in total. The molecule has 1 aliphatic rings. The van der Waals surface area contributed by atoms with Gasteiger partial charge < -0.3 is 14.4 Å². The van der Waals surface area contributed by atoms with Crippen LogP contribution in [0, 0.1) is 5.82 Å². The predicted octanol–water partition coefficient (Wildman–Crippen LogP) is 4.22. The van der Waals surface area contributed by atoms with E-state index >= 15 is 0 Å². The van der Waals surface area contributed by atoms with Gasteiger partial charge in [-0.05, 0) is 67.8 Å². The molecule has 1 fully saturated rings. The second-order valence-corrected chi connectivity index (χ2v) is 10.4. The fourth-order valence-corrected chi connectivity index (χ4v) is 5.75. The molecule has 0 bridgehead atoms. The number of aromatic nitrogens is 1. The monoisotopic (exact) mass is 474 g/mol. The van der Waals surface area contributed by atoms with Crippen LogP contribution >= 0.6 is 0 Å². The maximum Gasteiger partial charge on any atom is 0.323 e. The Morgan fingerprint density at radius 1 is 1.24 bits per heavy atom. The van der Waals surface area contributed by atoms with Crippen molar-refractivity contribution < 1.29 is 27.4 Å². The molecule has 9 heteroatoms. The third-order valence-electron chi connectivity index (χ3n) is 6.14. The van der Waals surface area contributed by atoms with E-state index in [1.165, 1.54) is 16.4 Å². The van der Waals surface area contributed by atoms with E-state index in [1.54, 1.807) is 41.1 Å². The summed E-state index contributed by atoms with van der Waals surface area (Å²) in [6.45, 7) is 4.30. The standard InChI is InChI=1S/C24H27FN2O5S/c1-3-16(2)32-19-5-7-20(8-6-19)33(30,31)27-11-10-17(13-27)22-14-26(15-24(28)29)23-9-4-18(25)12-21(22)23/h4-9,12,14,16-17H,3,10-11,13,15H2,1-2H3,(H,28,29)/t16-,17?/m0/s1. The van der Waals surface area contributed by atoms with Crippen LogP contribution in [0.1, 0.15) is 38.2 Å². The molecule has 2 aromatic carbocycles. The van der Waals surface area contributed by atoms with E-state index in [-0.39, 0.29) is 30.0 Å². The molecule has 33 heavy (non-hydrogen) atoms. The summed E-state index contributed by atoms with van der Waals surface area (Å²) in [4.78, 5) is 11.5. The Morgan fingerprint density at radius 2 is 1.97 bits per heavy atom. The number of carbonyl (C=O) groups is 1. The van der Waals surface area contributed by atoms with E-state index in [1.807, 2.05) is 13.8 Å². The van der Waals surface area contributed by atoms with Crippen molar-refractivity contribution >= 4 is 26.9 Å². The SMILES string of the molecule is CC[C@H](C)Oc1ccc(S(=O)(=O)N2CCC(c3cn(CC(=O)O)c4ccc(F)cc34)C2)cc1. The van der Waals surface area contributed by atoms with Crippen LogP contribution in [0.25, 0.3) is 10.9 Å². The molecule has 0 spiro atoms. The van der Waals surface area contributed by atoms with Crippen LogP contribution in [0.15, 0.2) is 53.6 Å². The maximum absolute atomic E-state index is 14.0. The largest absolute Gasteiger partial charge is 0.491 e. The summed E-state index contributed by atoms with van der Waals surface area (Å²) in [5.41, 5.74) is 1.38. The molecule has 0 saturated carbocycles. The molecule has 1 saturated heterocycles. The van der Waals surface area contributed by atoms with E-state index in [2.05, 4.69) is 0 Å². The predicted molar refractivity (Wildman–Crippen MR) is 122 cm³/mol. The van der Waals surface area contributed by atoms with Gasteiger partial charge in [-0.15, -0.1) is 0 Å². The van der Waals surface area contributed by atoms with Crippen molar-refractivity contribution in [3.05, 3.63) is 60.0 Å². The number of nitrogens with zero attached hydrogens (tertiary/aromatic N) is 2. The molecule has 1 aliphatic heterocycles. The van der Waals surface area contributed by atoms with Gasteiger partial charge in [-0.25, -0.2) is 12.8 Å². The highest BCUT2D eigenvalue weighted by molar-refractivity contribution is 7.89. The zero-order chi connectivity index (χ0) is 23.8. The van der Waals surface area contributed by atoms with Gasteiger partial charge in [0.15, 0.2) is 0 Å². The van der Waals surface area contributed by atoms with Crippen molar-refractivity contribution in [2.75, 3.05) is 13.1 Å². The van der Waals surface area contributed by atoms with Crippen molar-refractivity contribution in [1.29, 1.82) is 0 Å². The van der Waals surface area contributed by atoms with E-state index in [9.17, 15) is 22.7 Å². The molecule has 0 radical (unpaired) electrons. The van der Waals surface area contributed by atoms with Crippen molar-refractivity contribution in [1.82, 2.24) is 8.87 Å². The number of hydrogen-bond donors (Lipinski definition) is 1. The summed E-state index contributed by atoms with van der Waals surface area (Å²) in [5.74, 6) is -0.957. The number of rotatable bonds is 8. The quantitative estimate of drug-likeness (QED) is 0.528. The number of carboxylic acid groups (broad SMARTS) is 1. The number of sulfonamides is 1. The molecule has 3 aromatic rings. The second kappa shape index (κ2) is 9.15. The van der Waals surface area contributed by atoms with Crippen LogP contribution in [0.3, 0.4) is 0 Å². The minimum atomic E-state index is -3.70. The highest BCUT2D eigenvalue weighted by Gasteiger charge is 2.34. The molecule has 2 heterocycles. The van der Waals surface area contributed by atoms with Crippen LogP contribution in [0.5, 0.6) is 5.75 Å². The van der Waals surface area contributed by atoms with Gasteiger partial charge in [0.2, 0.25) is 10.0 Å². The van der Waals surface area contributed by atoms with E-state index in [0.717, 1.165) is 12.0 Å². The summed E-state index contributed by atoms with van der Waals surface area (Å²) < 4.78 is 49.1. The lowest BCUT2D eigenvalue weighted by Gasteiger charge is -2.17. The highest BCUT2D eigenvalue weighted by atomic mass is 32.2. The van der Waals surface area contributed by atoms with Gasteiger partial charge in [0, 0.05) is 36.1 Å². The topological polar surface area (TPSA) is 88.8 Å². The fourth-order valence-electron chi connectivity index (χ4n) is 4.25. The van der Waals surface area contributed by atoms with E-state index < -0.39 is 21.8 Å². The zero-order valence-corrected chi connectivity index (χ0v) is 19.4. The number of halogens is 1. The number of benzene rings is 2. The molecule has 1 aromatic heterocycles.